The molecule has 6 heteroatoms. The number of aromatic nitrogens is 1. The maximum Gasteiger partial charge on any atom is 0.267 e. The van der Waals surface area contributed by atoms with Crippen LogP contribution in [0.1, 0.15) is 48.2 Å². The topological polar surface area (TPSA) is 77.7 Å². The van der Waals surface area contributed by atoms with E-state index in [0.29, 0.717) is 23.6 Å². The van der Waals surface area contributed by atoms with Gasteiger partial charge in [-0.1, -0.05) is 6.42 Å². The van der Waals surface area contributed by atoms with Crippen molar-refractivity contribution in [2.75, 3.05) is 33.4 Å². The molecule has 142 valence electrons. The zero-order chi connectivity index (χ0) is 18.1. The van der Waals surface area contributed by atoms with Crippen molar-refractivity contribution in [1.82, 2.24) is 9.88 Å². The number of primary amides is 1. The number of hydrogen-bond acceptors (Lipinski definition) is 5. The number of ether oxygens (including phenoxy) is 2. The molecule has 1 saturated carbocycles. The van der Waals surface area contributed by atoms with Gasteiger partial charge in [-0.15, -0.1) is 0 Å². The minimum absolute atomic E-state index is 0.318. The largest absolute Gasteiger partial charge is 0.377 e. The molecule has 4 atom stereocenters. The van der Waals surface area contributed by atoms with E-state index >= 15 is 0 Å². The van der Waals surface area contributed by atoms with Crippen LogP contribution in [0.5, 0.6) is 0 Å². The Morgan fingerprint density at radius 2 is 2.12 bits per heavy atom. The van der Waals surface area contributed by atoms with E-state index in [-0.39, 0.29) is 5.60 Å². The van der Waals surface area contributed by atoms with Gasteiger partial charge in [0, 0.05) is 51.4 Å². The van der Waals surface area contributed by atoms with Crippen LogP contribution < -0.4 is 5.73 Å². The van der Waals surface area contributed by atoms with Gasteiger partial charge in [-0.25, -0.2) is 0 Å². The molecule has 0 aromatic carbocycles. The van der Waals surface area contributed by atoms with Crippen LogP contribution in [0.15, 0.2) is 18.3 Å². The fourth-order valence-corrected chi connectivity index (χ4v) is 5.48. The number of methoxy groups -OCH3 is 1. The summed E-state index contributed by atoms with van der Waals surface area (Å²) in [7, 11) is 1.81. The van der Waals surface area contributed by atoms with Crippen molar-refractivity contribution in [2.24, 2.45) is 17.6 Å². The predicted octanol–water partition coefficient (Wildman–Crippen LogP) is 1.93. The zero-order valence-electron chi connectivity index (χ0n) is 15.5. The van der Waals surface area contributed by atoms with Crippen molar-refractivity contribution < 1.29 is 14.3 Å². The van der Waals surface area contributed by atoms with Crippen LogP contribution >= 0.6 is 0 Å². The van der Waals surface area contributed by atoms with E-state index in [1.807, 2.05) is 19.2 Å². The monoisotopic (exact) mass is 359 g/mol. The first-order valence-corrected chi connectivity index (χ1v) is 9.79. The molecule has 3 fully saturated rings. The number of piperidine rings is 1. The Hall–Kier alpha value is -1.50. The standard InChI is InChI=1S/C20H29N3O3/c1-25-20(14-7-8-22-18(10-14)19(21)24)15-4-2-5-16(20)12-23(11-15)13-17-6-3-9-26-17/h7-8,10,15-17H,2-6,9,11-13H2,1H3,(H2,21,24)/t15-,16+,17-,20+/m0/s1. The van der Waals surface area contributed by atoms with Crippen LogP contribution in [0.4, 0.5) is 0 Å². The Kier molecular flexibility index (Phi) is 4.99. The fraction of sp³-hybridized carbons (Fsp3) is 0.700. The number of nitrogens with two attached hydrogens (primary N) is 1. The Morgan fingerprint density at radius 1 is 1.35 bits per heavy atom. The Bertz CT molecular complexity index is 645. The number of carbonyl (C=O) groups excluding carboxylic acids is 1. The summed E-state index contributed by atoms with van der Waals surface area (Å²) < 4.78 is 12.1. The summed E-state index contributed by atoms with van der Waals surface area (Å²) in [6.07, 6.45) is 7.94. The van der Waals surface area contributed by atoms with Crippen LogP contribution in [0, 0.1) is 11.8 Å². The lowest BCUT2D eigenvalue weighted by Gasteiger charge is -2.55. The molecule has 1 aromatic rings. The molecule has 1 aromatic heterocycles. The number of fused-ring (bicyclic) bond motifs is 2. The molecular weight excluding hydrogens is 330 g/mol. The number of carbonyl (C=O) groups is 1. The van der Waals surface area contributed by atoms with E-state index in [4.69, 9.17) is 15.2 Å². The second-order valence-corrected chi connectivity index (χ2v) is 7.97. The van der Waals surface area contributed by atoms with E-state index in [9.17, 15) is 4.79 Å². The van der Waals surface area contributed by atoms with Gasteiger partial charge in [-0.05, 0) is 43.4 Å². The highest BCUT2D eigenvalue weighted by molar-refractivity contribution is 5.90. The van der Waals surface area contributed by atoms with Gasteiger partial charge >= 0.3 is 0 Å². The molecule has 2 N–H and O–H groups in total. The van der Waals surface area contributed by atoms with Gasteiger partial charge in [-0.3, -0.25) is 14.7 Å². The van der Waals surface area contributed by atoms with Crippen molar-refractivity contribution in [2.45, 2.75) is 43.8 Å². The highest BCUT2D eigenvalue weighted by Gasteiger charge is 2.53. The van der Waals surface area contributed by atoms with E-state index in [0.717, 1.165) is 44.6 Å². The summed E-state index contributed by atoms with van der Waals surface area (Å²) >= 11 is 0. The second-order valence-electron chi connectivity index (χ2n) is 7.97. The molecule has 2 saturated heterocycles. The first-order chi connectivity index (χ1) is 12.6. The van der Waals surface area contributed by atoms with Crippen molar-refractivity contribution >= 4 is 5.91 Å². The molecule has 26 heavy (non-hydrogen) atoms. The van der Waals surface area contributed by atoms with E-state index in [2.05, 4.69) is 9.88 Å². The number of hydrogen-bond donors (Lipinski definition) is 1. The summed E-state index contributed by atoms with van der Waals surface area (Å²) in [6.45, 7) is 3.95. The highest BCUT2D eigenvalue weighted by atomic mass is 16.5. The van der Waals surface area contributed by atoms with Crippen LogP contribution in [0.3, 0.4) is 0 Å². The third-order valence-electron chi connectivity index (χ3n) is 6.56. The Morgan fingerprint density at radius 3 is 2.73 bits per heavy atom. The molecule has 1 aliphatic carbocycles. The Labute approximate surface area is 155 Å². The molecule has 3 aliphatic rings. The van der Waals surface area contributed by atoms with E-state index in [1.165, 1.54) is 19.3 Å². The molecule has 2 bridgehead atoms. The summed E-state index contributed by atoms with van der Waals surface area (Å²) in [6, 6.07) is 3.84. The van der Waals surface area contributed by atoms with Gasteiger partial charge in [0.25, 0.3) is 5.91 Å². The lowest BCUT2D eigenvalue weighted by atomic mass is 9.62. The predicted molar refractivity (Wildman–Crippen MR) is 97.7 cm³/mol. The van der Waals surface area contributed by atoms with Crippen LogP contribution in [-0.4, -0.2) is 55.2 Å². The number of likely N-dealkylation sites (tertiary alicyclic amines) is 1. The lowest BCUT2D eigenvalue weighted by Crippen LogP contribution is -2.59. The van der Waals surface area contributed by atoms with Crippen molar-refractivity contribution in [3.8, 4) is 0 Å². The maximum absolute atomic E-state index is 11.6. The van der Waals surface area contributed by atoms with Crippen LogP contribution in [0.25, 0.3) is 0 Å². The average molecular weight is 359 g/mol. The molecule has 0 spiro atoms. The number of rotatable bonds is 5. The second kappa shape index (κ2) is 7.25. The van der Waals surface area contributed by atoms with Crippen molar-refractivity contribution in [1.29, 1.82) is 0 Å². The first kappa shape index (κ1) is 17.9. The van der Waals surface area contributed by atoms with Crippen molar-refractivity contribution in [3.63, 3.8) is 0 Å². The summed E-state index contributed by atoms with van der Waals surface area (Å²) in [5.41, 5.74) is 6.48. The molecule has 0 unspecified atom stereocenters. The Balaban J connectivity index is 1.61. The lowest BCUT2D eigenvalue weighted by molar-refractivity contribution is -0.171. The maximum atomic E-state index is 11.6. The van der Waals surface area contributed by atoms with Gasteiger partial charge in [0.05, 0.1) is 6.10 Å². The number of nitrogens with zero attached hydrogens (tertiary/aromatic N) is 2. The zero-order valence-corrected chi connectivity index (χ0v) is 15.5. The SMILES string of the molecule is CO[C@@]1(c2ccnc(C(N)=O)c2)[C@@H]2CCC[C@H]1CN(C[C@@H]1CCCO1)C2. The van der Waals surface area contributed by atoms with Gasteiger partial charge in [-0.2, -0.15) is 0 Å². The van der Waals surface area contributed by atoms with E-state index < -0.39 is 5.91 Å². The average Bonchev–Trinajstić information content (AvgIpc) is 3.14. The minimum Gasteiger partial charge on any atom is -0.377 e. The summed E-state index contributed by atoms with van der Waals surface area (Å²) in [5, 5.41) is 0. The molecule has 4 rings (SSSR count). The number of amides is 1. The first-order valence-electron chi connectivity index (χ1n) is 9.79. The molecule has 6 nitrogen and oxygen atoms in total. The van der Waals surface area contributed by atoms with Gasteiger partial charge < -0.3 is 15.2 Å². The molecular formula is C20H29N3O3. The smallest absolute Gasteiger partial charge is 0.267 e. The molecule has 3 heterocycles. The highest BCUT2D eigenvalue weighted by Crippen LogP contribution is 2.51. The normalized spacial score (nSPS) is 34.7. The van der Waals surface area contributed by atoms with Gasteiger partial charge in [0.15, 0.2) is 0 Å². The van der Waals surface area contributed by atoms with Crippen molar-refractivity contribution in [3.05, 3.63) is 29.6 Å². The molecule has 0 radical (unpaired) electrons. The fourth-order valence-electron chi connectivity index (χ4n) is 5.48. The summed E-state index contributed by atoms with van der Waals surface area (Å²) in [5.74, 6) is 0.327. The van der Waals surface area contributed by atoms with Gasteiger partial charge in [0.1, 0.15) is 11.3 Å². The molecule has 1 amide bonds. The van der Waals surface area contributed by atoms with Crippen LogP contribution in [-0.2, 0) is 15.1 Å². The van der Waals surface area contributed by atoms with Crippen LogP contribution in [0.2, 0.25) is 0 Å². The third kappa shape index (κ3) is 3.04. The number of pyridine rings is 1. The molecule has 2 aliphatic heterocycles. The third-order valence-corrected chi connectivity index (χ3v) is 6.56. The van der Waals surface area contributed by atoms with E-state index in [1.54, 1.807) is 6.20 Å². The quantitative estimate of drug-likeness (QED) is 0.869. The minimum atomic E-state index is -0.487. The summed E-state index contributed by atoms with van der Waals surface area (Å²) in [4.78, 5) is 18.3. The van der Waals surface area contributed by atoms with Gasteiger partial charge in [0.2, 0.25) is 0 Å².